The first-order valence-corrected chi connectivity index (χ1v) is 17.7. The monoisotopic (exact) mass is 654 g/mol. The molecule has 0 radical (unpaired) electrons. The Morgan fingerprint density at radius 2 is 1.03 bits per heavy atom. The third kappa shape index (κ3) is 5.91. The van der Waals surface area contributed by atoms with Gasteiger partial charge in [0.2, 0.25) is 0 Å². The summed E-state index contributed by atoms with van der Waals surface area (Å²) >= 11 is 9.69. The Kier molecular flexibility index (Phi) is 9.92. The molecule has 3 heteroatoms. The Balaban J connectivity index is 1.39. The zero-order valence-electron chi connectivity index (χ0n) is 23.4. The van der Waals surface area contributed by atoms with Crippen molar-refractivity contribution in [1.29, 1.82) is 0 Å². The average Bonchev–Trinajstić information content (AvgIpc) is 3.54. The van der Waals surface area contributed by atoms with Crippen LogP contribution in [0.1, 0.15) is 124 Å². The lowest BCUT2D eigenvalue weighted by Gasteiger charge is -2.28. The van der Waals surface area contributed by atoms with Gasteiger partial charge in [0.15, 0.2) is 0 Å². The van der Waals surface area contributed by atoms with Gasteiger partial charge in [0.25, 0.3) is 0 Å². The number of thiophene rings is 1. The summed E-state index contributed by atoms with van der Waals surface area (Å²) in [6.45, 7) is 4.60. The first-order valence-electron chi connectivity index (χ1n) is 15.3. The van der Waals surface area contributed by atoms with Crippen LogP contribution in [0, 0.1) is 0 Å². The predicted octanol–water partition coefficient (Wildman–Crippen LogP) is 12.1. The number of fused-ring (bicyclic) bond motifs is 6. The number of hydrogen-bond donors (Lipinski definition) is 0. The van der Waals surface area contributed by atoms with Crippen molar-refractivity contribution in [2.24, 2.45) is 0 Å². The molecule has 38 heavy (non-hydrogen) atoms. The van der Waals surface area contributed by atoms with Crippen LogP contribution in [0.3, 0.4) is 0 Å². The molecule has 1 spiro atoms. The second-order valence-corrected chi connectivity index (χ2v) is 15.5. The van der Waals surface area contributed by atoms with Crippen LogP contribution in [-0.4, -0.2) is 0 Å². The van der Waals surface area contributed by atoms with Crippen LogP contribution in [-0.2, 0) is 31.1 Å². The minimum atomic E-state index is 0.0859. The van der Waals surface area contributed by atoms with Gasteiger partial charge in [-0.05, 0) is 115 Å². The van der Waals surface area contributed by atoms with E-state index in [1.165, 1.54) is 131 Å². The van der Waals surface area contributed by atoms with E-state index in [4.69, 9.17) is 0 Å². The molecule has 2 aliphatic rings. The summed E-state index contributed by atoms with van der Waals surface area (Å²) in [6, 6.07) is 15.0. The van der Waals surface area contributed by atoms with Gasteiger partial charge >= 0.3 is 0 Å². The van der Waals surface area contributed by atoms with E-state index >= 15 is 0 Å². The average molecular weight is 657 g/mol. The second kappa shape index (κ2) is 13.2. The molecule has 0 bridgehead atoms. The molecule has 1 aromatic heterocycles. The van der Waals surface area contributed by atoms with Crippen LogP contribution >= 0.6 is 43.2 Å². The van der Waals surface area contributed by atoms with Gasteiger partial charge in [0.1, 0.15) is 0 Å². The van der Waals surface area contributed by atoms with E-state index in [0.29, 0.717) is 0 Å². The standard InChI is InChI=1S/C35H44Br2S/c1-3-5-7-9-11-13-15-25-17-19-27-28-20-18-26(16-14-12-10-8-6-4-2)22-32(28)35(31(27)21-25)23-29-30(24-35)34(37)38-33(29)36/h17-22H,3-16,23-24H2,1-2H3. The van der Waals surface area contributed by atoms with Crippen molar-refractivity contribution < 1.29 is 0 Å². The summed E-state index contributed by atoms with van der Waals surface area (Å²) in [6.07, 6.45) is 21.0. The molecule has 0 nitrogen and oxygen atoms in total. The van der Waals surface area contributed by atoms with Crippen molar-refractivity contribution in [1.82, 2.24) is 0 Å². The minimum absolute atomic E-state index is 0.0859. The van der Waals surface area contributed by atoms with E-state index in [9.17, 15) is 0 Å². The molecule has 1 heterocycles. The van der Waals surface area contributed by atoms with E-state index in [-0.39, 0.29) is 5.41 Å². The normalized spacial score (nSPS) is 14.7. The van der Waals surface area contributed by atoms with Crippen molar-refractivity contribution in [2.75, 3.05) is 0 Å². The molecule has 0 atom stereocenters. The van der Waals surface area contributed by atoms with Crippen LogP contribution in [0.2, 0.25) is 0 Å². The highest BCUT2D eigenvalue weighted by Gasteiger charge is 2.49. The Hall–Kier alpha value is -0.900. The van der Waals surface area contributed by atoms with E-state index < -0.39 is 0 Å². The molecular weight excluding hydrogens is 612 g/mol. The Morgan fingerprint density at radius 3 is 1.47 bits per heavy atom. The van der Waals surface area contributed by atoms with Crippen LogP contribution in [0.5, 0.6) is 0 Å². The maximum Gasteiger partial charge on any atom is 0.0745 e. The fourth-order valence-electron chi connectivity index (χ4n) is 6.96. The third-order valence-corrected chi connectivity index (χ3v) is 11.9. The van der Waals surface area contributed by atoms with Gasteiger partial charge in [-0.2, -0.15) is 0 Å². The third-order valence-electron chi connectivity index (χ3n) is 9.10. The van der Waals surface area contributed by atoms with Gasteiger partial charge in [0, 0.05) is 5.41 Å². The quantitative estimate of drug-likeness (QED) is 0.152. The molecule has 2 aliphatic carbocycles. The summed E-state index contributed by atoms with van der Waals surface area (Å²) in [4.78, 5) is 0. The van der Waals surface area contributed by atoms with Crippen LogP contribution in [0.4, 0.5) is 0 Å². The second-order valence-electron chi connectivity index (χ2n) is 11.8. The van der Waals surface area contributed by atoms with Gasteiger partial charge in [-0.1, -0.05) is 114 Å². The number of benzene rings is 2. The van der Waals surface area contributed by atoms with Crippen LogP contribution in [0.15, 0.2) is 44.0 Å². The highest BCUT2D eigenvalue weighted by molar-refractivity contribution is 9.12. The number of rotatable bonds is 14. The minimum Gasteiger partial charge on any atom is -0.121 e. The molecule has 0 aliphatic heterocycles. The molecule has 5 rings (SSSR count). The summed E-state index contributed by atoms with van der Waals surface area (Å²) in [5, 5.41) is 0. The Labute approximate surface area is 252 Å². The smallest absolute Gasteiger partial charge is 0.0745 e. The van der Waals surface area contributed by atoms with Crippen molar-refractivity contribution in [3.05, 3.63) is 77.4 Å². The van der Waals surface area contributed by atoms with E-state index in [0.717, 1.165) is 12.8 Å². The van der Waals surface area contributed by atoms with E-state index in [1.807, 2.05) is 11.3 Å². The number of aryl methyl sites for hydroxylation is 2. The highest BCUT2D eigenvalue weighted by atomic mass is 79.9. The maximum absolute atomic E-state index is 3.92. The van der Waals surface area contributed by atoms with E-state index in [1.54, 1.807) is 11.1 Å². The number of unbranched alkanes of at least 4 members (excludes halogenated alkanes) is 10. The Bertz CT molecular complexity index is 1140. The van der Waals surface area contributed by atoms with Crippen molar-refractivity contribution in [2.45, 2.75) is 122 Å². The fourth-order valence-corrected chi connectivity index (χ4v) is 10.1. The number of hydrogen-bond acceptors (Lipinski definition) is 1. The molecular formula is C35H44Br2S. The first-order chi connectivity index (χ1) is 18.6. The maximum atomic E-state index is 3.92. The van der Waals surface area contributed by atoms with Crippen LogP contribution in [0.25, 0.3) is 11.1 Å². The molecule has 204 valence electrons. The summed E-state index contributed by atoms with van der Waals surface area (Å²) in [7, 11) is 0. The largest absolute Gasteiger partial charge is 0.121 e. The van der Waals surface area contributed by atoms with Crippen molar-refractivity contribution in [3.63, 3.8) is 0 Å². The molecule has 0 N–H and O–H groups in total. The van der Waals surface area contributed by atoms with Gasteiger partial charge in [-0.15, -0.1) is 11.3 Å². The molecule has 0 saturated heterocycles. The zero-order valence-corrected chi connectivity index (χ0v) is 27.4. The van der Waals surface area contributed by atoms with Gasteiger partial charge in [-0.25, -0.2) is 0 Å². The molecule has 0 unspecified atom stereocenters. The Morgan fingerprint density at radius 1 is 0.605 bits per heavy atom. The zero-order chi connectivity index (χ0) is 26.5. The number of halogens is 2. The topological polar surface area (TPSA) is 0 Å². The van der Waals surface area contributed by atoms with Crippen molar-refractivity contribution >= 4 is 43.2 Å². The molecule has 0 saturated carbocycles. The van der Waals surface area contributed by atoms with Gasteiger partial charge < -0.3 is 0 Å². The lowest BCUT2D eigenvalue weighted by molar-refractivity contribution is 0.559. The predicted molar refractivity (Wildman–Crippen MR) is 174 cm³/mol. The molecule has 3 aromatic rings. The molecule has 0 amide bonds. The molecule has 2 aromatic carbocycles. The van der Waals surface area contributed by atoms with E-state index in [2.05, 4.69) is 82.1 Å². The van der Waals surface area contributed by atoms with Gasteiger partial charge in [0.05, 0.1) is 7.57 Å². The van der Waals surface area contributed by atoms with Crippen molar-refractivity contribution in [3.8, 4) is 11.1 Å². The lowest BCUT2D eigenvalue weighted by Crippen LogP contribution is -2.26. The summed E-state index contributed by atoms with van der Waals surface area (Å²) in [5.74, 6) is 0. The fraction of sp³-hybridized carbons (Fsp3) is 0.543. The summed E-state index contributed by atoms with van der Waals surface area (Å²) < 4.78 is 2.63. The lowest BCUT2D eigenvalue weighted by atomic mass is 9.75. The summed E-state index contributed by atoms with van der Waals surface area (Å²) in [5.41, 5.74) is 12.4. The van der Waals surface area contributed by atoms with Crippen LogP contribution < -0.4 is 0 Å². The molecule has 0 fully saturated rings. The highest BCUT2D eigenvalue weighted by Crippen LogP contribution is 2.59. The SMILES string of the molecule is CCCCCCCCc1ccc2c(c1)C1(Cc3c(Br)sc(Br)c3C1)c1cc(CCCCCCCC)ccc1-2. The first kappa shape index (κ1) is 28.6. The van der Waals surface area contributed by atoms with Gasteiger partial charge in [-0.3, -0.25) is 0 Å².